The zero-order valence-electron chi connectivity index (χ0n) is 13.2. The first-order valence-electron chi connectivity index (χ1n) is 7.34. The van der Waals surface area contributed by atoms with Gasteiger partial charge in [0.2, 0.25) is 0 Å². The van der Waals surface area contributed by atoms with E-state index in [2.05, 4.69) is 73.2 Å². The van der Waals surface area contributed by atoms with Crippen LogP contribution in [0.4, 0.5) is 0 Å². The maximum atomic E-state index is 4.92. The number of hydrogen-bond acceptors (Lipinski definition) is 3. The number of nitrogens with zero attached hydrogens (tertiary/aromatic N) is 1. The lowest BCUT2D eigenvalue weighted by atomic mass is 9.91. The average Bonchev–Trinajstić information content (AvgIpc) is 2.79. The predicted molar refractivity (Wildman–Crippen MR) is 95.1 cm³/mol. The fourth-order valence-electron chi connectivity index (χ4n) is 2.24. The molecule has 0 unspecified atom stereocenters. The normalized spacial score (nSPS) is 11.9. The van der Waals surface area contributed by atoms with Gasteiger partial charge in [0, 0.05) is 27.7 Å². The Morgan fingerprint density at radius 1 is 1.29 bits per heavy atom. The fourth-order valence-corrected chi connectivity index (χ4v) is 3.97. The van der Waals surface area contributed by atoms with Crippen molar-refractivity contribution in [3.63, 3.8) is 0 Å². The molecule has 0 atom stereocenters. The smallest absolute Gasteiger partial charge is 0.0975 e. The molecule has 0 radical (unpaired) electrons. The second-order valence-electron chi connectivity index (χ2n) is 6.22. The first kappa shape index (κ1) is 16.7. The van der Waals surface area contributed by atoms with Crippen LogP contribution < -0.4 is 5.32 Å². The van der Waals surface area contributed by atoms with Crippen molar-refractivity contribution >= 4 is 27.3 Å². The molecule has 2 aromatic rings. The molecule has 0 saturated heterocycles. The zero-order valence-corrected chi connectivity index (χ0v) is 15.6. The lowest BCUT2D eigenvalue weighted by molar-refractivity contribution is 0.559. The van der Waals surface area contributed by atoms with Crippen molar-refractivity contribution in [1.82, 2.24) is 10.3 Å². The Bertz CT molecular complexity index is 599. The Morgan fingerprint density at radius 2 is 2.05 bits per heavy atom. The molecule has 0 aliphatic carbocycles. The summed E-state index contributed by atoms with van der Waals surface area (Å²) in [5, 5.41) is 4.63. The van der Waals surface area contributed by atoms with E-state index in [1.807, 2.05) is 11.3 Å². The summed E-state index contributed by atoms with van der Waals surface area (Å²) in [6, 6.07) is 8.47. The molecule has 4 heteroatoms. The van der Waals surface area contributed by atoms with Gasteiger partial charge < -0.3 is 5.32 Å². The second-order valence-corrected chi connectivity index (χ2v) is 8.30. The molecule has 1 heterocycles. The van der Waals surface area contributed by atoms with E-state index < -0.39 is 0 Å². The highest BCUT2D eigenvalue weighted by Gasteiger charge is 2.22. The summed E-state index contributed by atoms with van der Waals surface area (Å²) in [6.07, 6.45) is 0.902. The summed E-state index contributed by atoms with van der Waals surface area (Å²) in [6.45, 7) is 10.8. The molecule has 1 aromatic carbocycles. The number of benzene rings is 1. The largest absolute Gasteiger partial charge is 0.312 e. The molecule has 1 N–H and O–H groups in total. The van der Waals surface area contributed by atoms with Gasteiger partial charge in [-0.15, -0.1) is 11.3 Å². The highest BCUT2D eigenvalue weighted by atomic mass is 79.9. The summed E-state index contributed by atoms with van der Waals surface area (Å²) < 4.78 is 1.13. The average molecular weight is 367 g/mol. The van der Waals surface area contributed by atoms with E-state index in [9.17, 15) is 0 Å². The molecule has 0 saturated carbocycles. The number of nitrogens with one attached hydrogen (secondary N) is 1. The van der Waals surface area contributed by atoms with Gasteiger partial charge in [-0.05, 0) is 24.2 Å². The number of hydrogen-bond donors (Lipinski definition) is 1. The summed E-state index contributed by atoms with van der Waals surface area (Å²) in [5.74, 6) is 0. The van der Waals surface area contributed by atoms with Gasteiger partial charge in [-0.2, -0.15) is 0 Å². The maximum absolute atomic E-state index is 4.92. The topological polar surface area (TPSA) is 24.9 Å². The van der Waals surface area contributed by atoms with Crippen LogP contribution in [-0.2, 0) is 18.4 Å². The second kappa shape index (κ2) is 7.03. The quantitative estimate of drug-likeness (QED) is 0.813. The van der Waals surface area contributed by atoms with Crippen LogP contribution in [0.3, 0.4) is 0 Å². The summed E-state index contributed by atoms with van der Waals surface area (Å²) >= 11 is 5.37. The maximum Gasteiger partial charge on any atom is 0.0975 e. The van der Waals surface area contributed by atoms with Crippen LogP contribution in [0.5, 0.6) is 0 Å². The van der Waals surface area contributed by atoms with E-state index in [-0.39, 0.29) is 5.41 Å². The number of rotatable bonds is 5. The third kappa shape index (κ3) is 4.63. The minimum Gasteiger partial charge on any atom is -0.312 e. The van der Waals surface area contributed by atoms with Crippen molar-refractivity contribution in [3.05, 3.63) is 49.9 Å². The van der Waals surface area contributed by atoms with Crippen LogP contribution in [-0.4, -0.2) is 11.5 Å². The van der Waals surface area contributed by atoms with Crippen molar-refractivity contribution < 1.29 is 0 Å². The Hall–Kier alpha value is -0.710. The monoisotopic (exact) mass is 366 g/mol. The van der Waals surface area contributed by atoms with E-state index in [0.717, 1.165) is 24.0 Å². The van der Waals surface area contributed by atoms with Gasteiger partial charge >= 0.3 is 0 Å². The number of thiazole rings is 1. The molecule has 0 fully saturated rings. The van der Waals surface area contributed by atoms with Gasteiger partial charge in [0.25, 0.3) is 0 Å². The Labute approximate surface area is 140 Å². The zero-order chi connectivity index (χ0) is 15.5. The third-order valence-electron chi connectivity index (χ3n) is 3.23. The molecule has 114 valence electrons. The van der Waals surface area contributed by atoms with E-state index in [0.29, 0.717) is 0 Å². The van der Waals surface area contributed by atoms with E-state index in [1.54, 1.807) is 0 Å². The first-order chi connectivity index (χ1) is 9.90. The van der Waals surface area contributed by atoms with Gasteiger partial charge in [0.1, 0.15) is 0 Å². The molecule has 0 aliphatic rings. The van der Waals surface area contributed by atoms with E-state index in [4.69, 9.17) is 4.98 Å². The van der Waals surface area contributed by atoms with Gasteiger partial charge in [0.05, 0.1) is 10.7 Å². The third-order valence-corrected chi connectivity index (χ3v) is 4.78. The number of aromatic nitrogens is 1. The van der Waals surface area contributed by atoms with Gasteiger partial charge in [-0.25, -0.2) is 4.98 Å². The molecule has 21 heavy (non-hydrogen) atoms. The number of halogens is 1. The lowest BCUT2D eigenvalue weighted by Gasteiger charge is -2.17. The molecule has 2 rings (SSSR count). The Kier molecular flexibility index (Phi) is 5.58. The summed E-state index contributed by atoms with van der Waals surface area (Å²) in [5.41, 5.74) is 2.63. The summed E-state index contributed by atoms with van der Waals surface area (Å²) in [7, 11) is 0. The van der Waals surface area contributed by atoms with Crippen LogP contribution in [0.2, 0.25) is 0 Å². The molecule has 0 amide bonds. The van der Waals surface area contributed by atoms with Crippen molar-refractivity contribution in [1.29, 1.82) is 0 Å². The molecular formula is C17H23BrN2S. The van der Waals surface area contributed by atoms with Crippen LogP contribution in [0.25, 0.3) is 0 Å². The molecule has 1 aromatic heterocycles. The van der Waals surface area contributed by atoms with Gasteiger partial charge in [-0.3, -0.25) is 0 Å². The van der Waals surface area contributed by atoms with E-state index in [1.165, 1.54) is 21.1 Å². The highest BCUT2D eigenvalue weighted by Crippen LogP contribution is 2.30. The lowest BCUT2D eigenvalue weighted by Crippen LogP contribution is -2.18. The summed E-state index contributed by atoms with van der Waals surface area (Å²) in [4.78, 5) is 6.29. The molecule has 0 spiro atoms. The Morgan fingerprint density at radius 3 is 2.67 bits per heavy atom. The van der Waals surface area contributed by atoms with Gasteiger partial charge in [-0.1, -0.05) is 55.8 Å². The standard InChI is InChI=1S/C17H23BrN2S/c1-5-19-11-14-16(17(2,3)4)20-15(21-14)10-12-7-6-8-13(18)9-12/h6-9,19H,5,10-11H2,1-4H3. The SMILES string of the molecule is CCNCc1sc(Cc2cccc(Br)c2)nc1C(C)(C)C. The predicted octanol–water partition coefficient (Wildman–Crippen LogP) is 4.90. The van der Waals surface area contributed by atoms with Crippen molar-refractivity contribution in [2.24, 2.45) is 0 Å². The molecule has 2 nitrogen and oxygen atoms in total. The minimum atomic E-state index is 0.0940. The van der Waals surface area contributed by atoms with Crippen LogP contribution in [0.15, 0.2) is 28.7 Å². The van der Waals surface area contributed by atoms with Crippen LogP contribution in [0.1, 0.15) is 48.8 Å². The molecular weight excluding hydrogens is 344 g/mol. The van der Waals surface area contributed by atoms with Crippen molar-refractivity contribution in [2.75, 3.05) is 6.54 Å². The minimum absolute atomic E-state index is 0.0940. The van der Waals surface area contributed by atoms with E-state index >= 15 is 0 Å². The highest BCUT2D eigenvalue weighted by molar-refractivity contribution is 9.10. The van der Waals surface area contributed by atoms with Crippen molar-refractivity contribution in [3.8, 4) is 0 Å². The Balaban J connectivity index is 2.26. The fraction of sp³-hybridized carbons (Fsp3) is 0.471. The van der Waals surface area contributed by atoms with Gasteiger partial charge in [0.15, 0.2) is 0 Å². The van der Waals surface area contributed by atoms with Crippen LogP contribution in [0, 0.1) is 0 Å². The molecule has 0 bridgehead atoms. The molecule has 0 aliphatic heterocycles. The van der Waals surface area contributed by atoms with Crippen molar-refractivity contribution in [2.45, 2.75) is 46.1 Å². The first-order valence-corrected chi connectivity index (χ1v) is 8.95. The van der Waals surface area contributed by atoms with Crippen LogP contribution >= 0.6 is 27.3 Å².